The van der Waals surface area contributed by atoms with Gasteiger partial charge in [-0.2, -0.15) is 0 Å². The lowest BCUT2D eigenvalue weighted by molar-refractivity contribution is 0.104. The summed E-state index contributed by atoms with van der Waals surface area (Å²) in [7, 11) is 5.91. The van der Waals surface area contributed by atoms with E-state index in [4.69, 9.17) is 18.9 Å². The third kappa shape index (κ3) is 4.03. The number of ether oxygens (including phenoxy) is 4. The third-order valence-electron chi connectivity index (χ3n) is 3.60. The molecule has 0 atom stereocenters. The number of aromatic hydroxyl groups is 1. The Morgan fingerprint density at radius 3 is 2.00 bits per heavy atom. The minimum absolute atomic E-state index is 0.0923. The average molecular weight is 344 g/mol. The van der Waals surface area contributed by atoms with Gasteiger partial charge in [0.2, 0.25) is 5.75 Å². The first-order chi connectivity index (χ1) is 12.0. The largest absolute Gasteiger partial charge is 0.502 e. The Morgan fingerprint density at radius 1 is 0.880 bits per heavy atom. The number of ketones is 1. The van der Waals surface area contributed by atoms with Gasteiger partial charge >= 0.3 is 0 Å². The summed E-state index contributed by atoms with van der Waals surface area (Å²) in [5.41, 5.74) is 1.06. The van der Waals surface area contributed by atoms with Gasteiger partial charge in [0, 0.05) is 6.07 Å². The topological polar surface area (TPSA) is 74.2 Å². The number of allylic oxidation sites excluding steroid dienone is 1. The molecule has 0 spiro atoms. The van der Waals surface area contributed by atoms with Crippen molar-refractivity contribution in [2.45, 2.75) is 0 Å². The highest BCUT2D eigenvalue weighted by atomic mass is 16.5. The van der Waals surface area contributed by atoms with Crippen molar-refractivity contribution in [3.05, 3.63) is 47.5 Å². The van der Waals surface area contributed by atoms with Gasteiger partial charge in [-0.05, 0) is 35.9 Å². The molecule has 6 nitrogen and oxygen atoms in total. The lowest BCUT2D eigenvalue weighted by Gasteiger charge is -2.09. The molecule has 0 aliphatic heterocycles. The summed E-state index contributed by atoms with van der Waals surface area (Å²) in [6, 6.07) is 8.19. The van der Waals surface area contributed by atoms with Gasteiger partial charge in [-0.15, -0.1) is 0 Å². The van der Waals surface area contributed by atoms with E-state index < -0.39 is 0 Å². The van der Waals surface area contributed by atoms with E-state index >= 15 is 0 Å². The second-order valence-corrected chi connectivity index (χ2v) is 5.04. The van der Waals surface area contributed by atoms with Crippen LogP contribution in [0.4, 0.5) is 0 Å². The van der Waals surface area contributed by atoms with Gasteiger partial charge in [0.15, 0.2) is 17.3 Å². The molecule has 0 bridgehead atoms. The quantitative estimate of drug-likeness (QED) is 0.613. The molecule has 0 saturated heterocycles. The fourth-order valence-electron chi connectivity index (χ4n) is 2.27. The van der Waals surface area contributed by atoms with Gasteiger partial charge in [-0.3, -0.25) is 4.79 Å². The van der Waals surface area contributed by atoms with E-state index in [1.54, 1.807) is 43.5 Å². The predicted molar refractivity (Wildman–Crippen MR) is 94.1 cm³/mol. The zero-order valence-electron chi connectivity index (χ0n) is 14.5. The Morgan fingerprint density at radius 2 is 1.48 bits per heavy atom. The van der Waals surface area contributed by atoms with Gasteiger partial charge in [0.05, 0.1) is 34.0 Å². The molecule has 0 unspecified atom stereocenters. The molecule has 6 heteroatoms. The molecule has 2 aromatic carbocycles. The molecule has 0 aliphatic carbocycles. The zero-order valence-corrected chi connectivity index (χ0v) is 14.5. The van der Waals surface area contributed by atoms with Gasteiger partial charge in [-0.25, -0.2) is 0 Å². The van der Waals surface area contributed by atoms with E-state index in [9.17, 15) is 9.90 Å². The highest BCUT2D eigenvalue weighted by Gasteiger charge is 2.12. The van der Waals surface area contributed by atoms with Crippen LogP contribution in [-0.2, 0) is 0 Å². The normalized spacial score (nSPS) is 10.6. The van der Waals surface area contributed by atoms with E-state index in [-0.39, 0.29) is 23.0 Å². The number of methoxy groups -OCH3 is 4. The summed E-state index contributed by atoms with van der Waals surface area (Å²) in [5, 5.41) is 9.92. The van der Waals surface area contributed by atoms with Gasteiger partial charge in [0.25, 0.3) is 0 Å². The Labute approximate surface area is 146 Å². The molecule has 2 rings (SSSR count). The predicted octanol–water partition coefficient (Wildman–Crippen LogP) is 3.32. The van der Waals surface area contributed by atoms with Crippen molar-refractivity contribution in [1.29, 1.82) is 0 Å². The average Bonchev–Trinajstić information content (AvgIpc) is 2.66. The first-order valence-corrected chi connectivity index (χ1v) is 7.43. The number of phenolic OH excluding ortho intramolecular Hbond substituents is 1. The van der Waals surface area contributed by atoms with Crippen LogP contribution in [0.2, 0.25) is 0 Å². The number of carbonyl (C=O) groups excluding carboxylic acids is 1. The monoisotopic (exact) mass is 344 g/mol. The summed E-state index contributed by atoms with van der Waals surface area (Å²) in [5.74, 6) is 1.22. The first-order valence-electron chi connectivity index (χ1n) is 7.43. The van der Waals surface area contributed by atoms with Gasteiger partial charge in [0.1, 0.15) is 11.5 Å². The maximum Gasteiger partial charge on any atom is 0.200 e. The maximum absolute atomic E-state index is 12.5. The van der Waals surface area contributed by atoms with Crippen LogP contribution in [0.5, 0.6) is 28.7 Å². The second kappa shape index (κ2) is 8.10. The first kappa shape index (κ1) is 18.2. The van der Waals surface area contributed by atoms with Crippen molar-refractivity contribution >= 4 is 11.9 Å². The van der Waals surface area contributed by atoms with Crippen molar-refractivity contribution in [2.24, 2.45) is 0 Å². The van der Waals surface area contributed by atoms with E-state index in [2.05, 4.69) is 0 Å². The van der Waals surface area contributed by atoms with E-state index in [0.29, 0.717) is 22.6 Å². The molecule has 0 heterocycles. The summed E-state index contributed by atoms with van der Waals surface area (Å²) >= 11 is 0. The minimum Gasteiger partial charge on any atom is -0.502 e. The summed E-state index contributed by atoms with van der Waals surface area (Å²) in [6.07, 6.45) is 3.02. The molecule has 1 N–H and O–H groups in total. The Kier molecular flexibility index (Phi) is 5.89. The van der Waals surface area contributed by atoms with Crippen LogP contribution in [-0.4, -0.2) is 39.3 Å². The number of carbonyl (C=O) groups is 1. The summed E-state index contributed by atoms with van der Waals surface area (Å²) in [4.78, 5) is 12.5. The van der Waals surface area contributed by atoms with Gasteiger partial charge in [-0.1, -0.05) is 6.08 Å². The number of rotatable bonds is 7. The number of hydrogen-bond acceptors (Lipinski definition) is 6. The van der Waals surface area contributed by atoms with Gasteiger partial charge < -0.3 is 24.1 Å². The van der Waals surface area contributed by atoms with Crippen molar-refractivity contribution in [1.82, 2.24) is 0 Å². The van der Waals surface area contributed by atoms with Crippen LogP contribution >= 0.6 is 0 Å². The van der Waals surface area contributed by atoms with Crippen LogP contribution < -0.4 is 18.9 Å². The molecule has 0 fully saturated rings. The smallest absolute Gasteiger partial charge is 0.200 e. The standard InChI is InChI=1S/C19H20O6/c1-22-13-6-7-14(16(11-13)23-2)15(20)8-5-12-9-17(24-3)19(21)18(10-12)25-4/h5-11,21H,1-4H3/b8-5+. The molecule has 0 amide bonds. The second-order valence-electron chi connectivity index (χ2n) is 5.04. The zero-order chi connectivity index (χ0) is 18.4. The minimum atomic E-state index is -0.231. The molecular formula is C19H20O6. The van der Waals surface area contributed by atoms with E-state index in [1.165, 1.54) is 27.4 Å². The maximum atomic E-state index is 12.5. The Balaban J connectivity index is 2.32. The van der Waals surface area contributed by atoms with E-state index in [0.717, 1.165) is 0 Å². The lowest BCUT2D eigenvalue weighted by atomic mass is 10.1. The number of hydrogen-bond donors (Lipinski definition) is 1. The fraction of sp³-hybridized carbons (Fsp3) is 0.211. The van der Waals surface area contributed by atoms with Crippen LogP contribution in [0.1, 0.15) is 15.9 Å². The molecule has 132 valence electrons. The van der Waals surface area contributed by atoms with Crippen LogP contribution in [0.3, 0.4) is 0 Å². The third-order valence-corrected chi connectivity index (χ3v) is 3.60. The van der Waals surface area contributed by atoms with Crippen molar-refractivity contribution in [2.75, 3.05) is 28.4 Å². The lowest BCUT2D eigenvalue weighted by Crippen LogP contribution is -1.99. The molecule has 0 radical (unpaired) electrons. The molecule has 2 aromatic rings. The fourth-order valence-corrected chi connectivity index (χ4v) is 2.27. The molecule has 25 heavy (non-hydrogen) atoms. The van der Waals surface area contributed by atoms with Crippen molar-refractivity contribution < 1.29 is 28.8 Å². The van der Waals surface area contributed by atoms with Crippen LogP contribution in [0, 0.1) is 0 Å². The van der Waals surface area contributed by atoms with Crippen molar-refractivity contribution in [3.8, 4) is 28.7 Å². The molecule has 0 aliphatic rings. The van der Waals surface area contributed by atoms with E-state index in [1.807, 2.05) is 0 Å². The molecule has 0 saturated carbocycles. The Bertz CT molecular complexity index is 769. The number of phenols is 1. The highest BCUT2D eigenvalue weighted by molar-refractivity contribution is 6.08. The SMILES string of the molecule is COc1ccc(C(=O)/C=C/c2cc(OC)c(O)c(OC)c2)c(OC)c1. The van der Waals surface area contributed by atoms with Crippen LogP contribution in [0.25, 0.3) is 6.08 Å². The summed E-state index contributed by atoms with van der Waals surface area (Å²) < 4.78 is 20.6. The molecular weight excluding hydrogens is 324 g/mol. The highest BCUT2D eigenvalue weighted by Crippen LogP contribution is 2.37. The number of benzene rings is 2. The summed E-state index contributed by atoms with van der Waals surface area (Å²) in [6.45, 7) is 0. The van der Waals surface area contributed by atoms with Crippen molar-refractivity contribution in [3.63, 3.8) is 0 Å². The Hall–Kier alpha value is -3.15. The molecule has 0 aromatic heterocycles. The van der Waals surface area contributed by atoms with Crippen LogP contribution in [0.15, 0.2) is 36.4 Å².